The molecule has 106 valence electrons. The summed E-state index contributed by atoms with van der Waals surface area (Å²) < 4.78 is 18.1. The molecule has 0 radical (unpaired) electrons. The van der Waals surface area contributed by atoms with Crippen molar-refractivity contribution in [1.29, 1.82) is 0 Å². The molecule has 0 fully saturated rings. The second-order valence-electron chi connectivity index (χ2n) is 4.28. The summed E-state index contributed by atoms with van der Waals surface area (Å²) in [6.07, 6.45) is -0.555. The van der Waals surface area contributed by atoms with E-state index in [0.29, 0.717) is 12.4 Å². The number of ether oxygens (including phenoxy) is 1. The van der Waals surface area contributed by atoms with Crippen LogP contribution in [0.25, 0.3) is 0 Å². The van der Waals surface area contributed by atoms with Crippen LogP contribution in [0.3, 0.4) is 0 Å². The minimum Gasteiger partial charge on any atom is -0.494 e. The minimum absolute atomic E-state index is 0.249. The van der Waals surface area contributed by atoms with E-state index in [-0.39, 0.29) is 5.82 Å². The summed E-state index contributed by atoms with van der Waals surface area (Å²) in [5.74, 6) is 1.08. The van der Waals surface area contributed by atoms with Crippen molar-refractivity contribution in [2.75, 3.05) is 12.4 Å². The number of hydrogen-bond donors (Lipinski definition) is 1. The Kier molecular flexibility index (Phi) is 5.44. The zero-order valence-corrected chi connectivity index (χ0v) is 12.1. The Balaban J connectivity index is 1.90. The predicted molar refractivity (Wildman–Crippen MR) is 79.7 cm³/mol. The van der Waals surface area contributed by atoms with E-state index in [1.165, 1.54) is 23.9 Å². The summed E-state index contributed by atoms with van der Waals surface area (Å²) in [6, 6.07) is 13.7. The molecule has 2 aromatic rings. The average molecular weight is 292 g/mol. The second-order valence-corrected chi connectivity index (χ2v) is 5.38. The van der Waals surface area contributed by atoms with Crippen LogP contribution in [0.15, 0.2) is 53.4 Å². The summed E-state index contributed by atoms with van der Waals surface area (Å²) in [4.78, 5) is 0.941. The fourth-order valence-electron chi connectivity index (χ4n) is 1.76. The number of rotatable bonds is 6. The van der Waals surface area contributed by atoms with Gasteiger partial charge in [0, 0.05) is 10.6 Å². The number of benzene rings is 2. The molecule has 4 heteroatoms. The van der Waals surface area contributed by atoms with Crippen LogP contribution in [0.1, 0.15) is 18.6 Å². The zero-order chi connectivity index (χ0) is 14.4. The van der Waals surface area contributed by atoms with Crippen LogP contribution < -0.4 is 4.74 Å². The maximum atomic E-state index is 12.8. The highest BCUT2D eigenvalue weighted by Gasteiger charge is 2.08. The number of hydrogen-bond acceptors (Lipinski definition) is 3. The third-order valence-corrected chi connectivity index (χ3v) is 3.89. The first-order chi connectivity index (χ1) is 9.69. The molecule has 2 rings (SSSR count). The highest BCUT2D eigenvalue weighted by Crippen LogP contribution is 2.26. The molecule has 2 aromatic carbocycles. The molecule has 0 aliphatic heterocycles. The fraction of sp³-hybridized carbons (Fsp3) is 0.250. The van der Waals surface area contributed by atoms with Gasteiger partial charge in [-0.3, -0.25) is 0 Å². The van der Waals surface area contributed by atoms with Gasteiger partial charge in [0.25, 0.3) is 0 Å². The van der Waals surface area contributed by atoms with Crippen molar-refractivity contribution in [3.63, 3.8) is 0 Å². The van der Waals surface area contributed by atoms with Gasteiger partial charge in [0.15, 0.2) is 0 Å². The lowest BCUT2D eigenvalue weighted by Crippen LogP contribution is -2.00. The van der Waals surface area contributed by atoms with Gasteiger partial charge in [0.1, 0.15) is 11.6 Å². The van der Waals surface area contributed by atoms with Crippen LogP contribution in [0.2, 0.25) is 0 Å². The molecule has 20 heavy (non-hydrogen) atoms. The lowest BCUT2D eigenvalue weighted by atomic mass is 10.1. The van der Waals surface area contributed by atoms with E-state index < -0.39 is 6.10 Å². The lowest BCUT2D eigenvalue weighted by molar-refractivity contribution is 0.204. The van der Waals surface area contributed by atoms with Gasteiger partial charge in [0.2, 0.25) is 0 Å². The van der Waals surface area contributed by atoms with Gasteiger partial charge < -0.3 is 9.84 Å². The largest absolute Gasteiger partial charge is 0.494 e. The molecule has 0 saturated carbocycles. The Morgan fingerprint density at radius 1 is 1.10 bits per heavy atom. The van der Waals surface area contributed by atoms with E-state index in [0.717, 1.165) is 16.2 Å². The van der Waals surface area contributed by atoms with Crippen molar-refractivity contribution in [2.24, 2.45) is 0 Å². The first-order valence-corrected chi connectivity index (χ1v) is 7.47. The first kappa shape index (κ1) is 14.9. The fourth-order valence-corrected chi connectivity index (χ4v) is 2.63. The molecule has 0 saturated heterocycles. The van der Waals surface area contributed by atoms with Gasteiger partial charge >= 0.3 is 0 Å². The Bertz CT molecular complexity index is 525. The summed E-state index contributed by atoms with van der Waals surface area (Å²) in [6.45, 7) is 2.56. The molecular formula is C16H17FO2S. The molecule has 1 atom stereocenters. The van der Waals surface area contributed by atoms with E-state index in [2.05, 4.69) is 0 Å². The van der Waals surface area contributed by atoms with Crippen LogP contribution in [-0.4, -0.2) is 17.5 Å². The van der Waals surface area contributed by atoms with E-state index in [4.69, 9.17) is 4.74 Å². The molecular weight excluding hydrogens is 275 g/mol. The van der Waals surface area contributed by atoms with Crippen molar-refractivity contribution in [1.82, 2.24) is 0 Å². The highest BCUT2D eigenvalue weighted by atomic mass is 32.2. The minimum atomic E-state index is -0.555. The molecule has 0 amide bonds. The van der Waals surface area contributed by atoms with E-state index >= 15 is 0 Å². The van der Waals surface area contributed by atoms with Crippen molar-refractivity contribution >= 4 is 11.8 Å². The van der Waals surface area contributed by atoms with Crippen molar-refractivity contribution in [2.45, 2.75) is 17.9 Å². The van der Waals surface area contributed by atoms with Crippen LogP contribution in [0.4, 0.5) is 4.39 Å². The van der Waals surface area contributed by atoms with Crippen LogP contribution in [0, 0.1) is 5.82 Å². The molecule has 1 N–H and O–H groups in total. The second kappa shape index (κ2) is 7.31. The Labute approximate surface area is 122 Å². The summed E-state index contributed by atoms with van der Waals surface area (Å²) in [7, 11) is 0. The lowest BCUT2D eigenvalue weighted by Gasteiger charge is -2.11. The van der Waals surface area contributed by atoms with E-state index in [1.807, 2.05) is 31.2 Å². The maximum Gasteiger partial charge on any atom is 0.123 e. The molecule has 0 aliphatic carbocycles. The number of halogens is 1. The van der Waals surface area contributed by atoms with Gasteiger partial charge in [-0.05, 0) is 48.9 Å². The standard InChI is InChI=1S/C16H17FO2S/c1-2-19-14-7-3-12(4-8-14)16(18)11-20-15-9-5-13(17)6-10-15/h3-10,16,18H,2,11H2,1H3. The molecule has 1 unspecified atom stereocenters. The Hall–Kier alpha value is -1.52. The molecule has 0 bridgehead atoms. The van der Waals surface area contributed by atoms with Crippen LogP contribution in [0.5, 0.6) is 5.75 Å². The van der Waals surface area contributed by atoms with Gasteiger partial charge in [-0.1, -0.05) is 12.1 Å². The SMILES string of the molecule is CCOc1ccc(C(O)CSc2ccc(F)cc2)cc1. The quantitative estimate of drug-likeness (QED) is 0.814. The van der Waals surface area contributed by atoms with E-state index in [9.17, 15) is 9.50 Å². The van der Waals surface area contributed by atoms with Gasteiger partial charge in [-0.15, -0.1) is 11.8 Å². The normalized spacial score (nSPS) is 12.2. The Morgan fingerprint density at radius 2 is 1.75 bits per heavy atom. The monoisotopic (exact) mass is 292 g/mol. The highest BCUT2D eigenvalue weighted by molar-refractivity contribution is 7.99. The molecule has 0 aromatic heterocycles. The van der Waals surface area contributed by atoms with Crippen LogP contribution >= 0.6 is 11.8 Å². The maximum absolute atomic E-state index is 12.8. The summed E-state index contributed by atoms with van der Waals surface area (Å²) >= 11 is 1.50. The molecule has 0 spiro atoms. The molecule has 0 heterocycles. The Morgan fingerprint density at radius 3 is 2.35 bits per heavy atom. The number of thioether (sulfide) groups is 1. The predicted octanol–water partition coefficient (Wildman–Crippen LogP) is 4.05. The third kappa shape index (κ3) is 4.25. The summed E-state index contributed by atoms with van der Waals surface area (Å²) in [5.41, 5.74) is 0.850. The zero-order valence-electron chi connectivity index (χ0n) is 11.3. The first-order valence-electron chi connectivity index (χ1n) is 6.48. The molecule has 2 nitrogen and oxygen atoms in total. The van der Waals surface area contributed by atoms with Gasteiger partial charge in [0.05, 0.1) is 12.7 Å². The van der Waals surface area contributed by atoms with Gasteiger partial charge in [-0.2, -0.15) is 0 Å². The van der Waals surface area contributed by atoms with Gasteiger partial charge in [-0.25, -0.2) is 4.39 Å². The van der Waals surface area contributed by atoms with E-state index in [1.54, 1.807) is 12.1 Å². The third-order valence-electron chi connectivity index (χ3n) is 2.80. The average Bonchev–Trinajstić information content (AvgIpc) is 2.47. The van der Waals surface area contributed by atoms with Crippen molar-refractivity contribution in [3.8, 4) is 5.75 Å². The van der Waals surface area contributed by atoms with Crippen molar-refractivity contribution < 1.29 is 14.2 Å². The summed E-state index contributed by atoms with van der Waals surface area (Å²) in [5, 5.41) is 10.1. The topological polar surface area (TPSA) is 29.5 Å². The van der Waals surface area contributed by atoms with Crippen molar-refractivity contribution in [3.05, 3.63) is 59.9 Å². The number of aliphatic hydroxyl groups excluding tert-OH is 1. The number of aliphatic hydroxyl groups is 1. The van der Waals surface area contributed by atoms with Crippen LogP contribution in [-0.2, 0) is 0 Å². The molecule has 0 aliphatic rings. The smallest absolute Gasteiger partial charge is 0.123 e.